The van der Waals surface area contributed by atoms with Crippen LogP contribution in [-0.4, -0.2) is 44.8 Å². The second-order valence-corrected chi connectivity index (χ2v) is 7.69. The lowest BCUT2D eigenvalue weighted by atomic mass is 9.96. The predicted octanol–water partition coefficient (Wildman–Crippen LogP) is 3.44. The van der Waals surface area contributed by atoms with Crippen molar-refractivity contribution in [3.8, 4) is 0 Å². The molecule has 2 aliphatic rings. The largest absolute Gasteiger partial charge is 0.349 e. The smallest absolute Gasteiger partial charge is 0.256 e. The van der Waals surface area contributed by atoms with Crippen LogP contribution in [0.5, 0.6) is 0 Å². The number of fused-ring (bicyclic) bond motifs is 3. The standard InChI is InChI=1S/C21H25FN6O/c1-13(22)11-23-17-7-6-14(2)25-21(29)16-12-24-28-10-8-19(26-20(16)28)27-9-4-5-18(27)15(17)3/h8,10-12,14,18H,3-7,9H2,1-2H3,(H,25,29)/b13-11+,23-17-/t14-,18+/m0/s1. The summed E-state index contributed by atoms with van der Waals surface area (Å²) < 4.78 is 15.0. The van der Waals surface area contributed by atoms with Gasteiger partial charge in [-0.15, -0.1) is 0 Å². The Hall–Kier alpha value is -3.03. The molecule has 2 bridgehead atoms. The fourth-order valence-corrected chi connectivity index (χ4v) is 3.98. The summed E-state index contributed by atoms with van der Waals surface area (Å²) in [6, 6.07) is 1.86. The van der Waals surface area contributed by atoms with E-state index >= 15 is 0 Å². The number of halogens is 1. The number of nitrogens with zero attached hydrogens (tertiary/aromatic N) is 5. The van der Waals surface area contributed by atoms with Gasteiger partial charge >= 0.3 is 0 Å². The summed E-state index contributed by atoms with van der Waals surface area (Å²) in [6.45, 7) is 8.47. The summed E-state index contributed by atoms with van der Waals surface area (Å²) in [5, 5.41) is 7.26. The highest BCUT2D eigenvalue weighted by Gasteiger charge is 2.31. The number of allylic oxidation sites excluding steroid dienone is 1. The molecule has 2 aromatic rings. The third kappa shape index (κ3) is 3.79. The monoisotopic (exact) mass is 396 g/mol. The molecule has 1 N–H and O–H groups in total. The molecule has 29 heavy (non-hydrogen) atoms. The van der Waals surface area contributed by atoms with E-state index in [1.807, 2.05) is 19.2 Å². The normalized spacial score (nSPS) is 25.0. The van der Waals surface area contributed by atoms with Crippen molar-refractivity contribution in [2.75, 3.05) is 11.4 Å². The van der Waals surface area contributed by atoms with Crippen molar-refractivity contribution < 1.29 is 9.18 Å². The minimum absolute atomic E-state index is 0.0445. The molecular weight excluding hydrogens is 371 g/mol. The minimum atomic E-state index is -0.350. The lowest BCUT2D eigenvalue weighted by molar-refractivity contribution is 0.0940. The summed E-state index contributed by atoms with van der Waals surface area (Å²) in [4.78, 5) is 24.1. The van der Waals surface area contributed by atoms with Gasteiger partial charge in [0.05, 0.1) is 18.4 Å². The zero-order valence-corrected chi connectivity index (χ0v) is 16.7. The van der Waals surface area contributed by atoms with Crippen LogP contribution >= 0.6 is 0 Å². The van der Waals surface area contributed by atoms with Crippen LogP contribution in [0.4, 0.5) is 10.2 Å². The van der Waals surface area contributed by atoms with Crippen molar-refractivity contribution in [3.05, 3.63) is 48.2 Å². The van der Waals surface area contributed by atoms with Gasteiger partial charge in [0, 0.05) is 24.5 Å². The highest BCUT2D eigenvalue weighted by atomic mass is 19.1. The first-order valence-electron chi connectivity index (χ1n) is 9.94. The zero-order chi connectivity index (χ0) is 20.5. The van der Waals surface area contributed by atoms with E-state index in [0.717, 1.165) is 36.5 Å². The molecule has 0 saturated carbocycles. The van der Waals surface area contributed by atoms with E-state index in [1.165, 1.54) is 13.1 Å². The Kier molecular flexibility index (Phi) is 5.17. The number of amides is 1. The second kappa shape index (κ2) is 7.77. The number of rotatable bonds is 1. The van der Waals surface area contributed by atoms with Crippen molar-refractivity contribution >= 4 is 23.1 Å². The average molecular weight is 396 g/mol. The molecular formula is C21H25FN6O. The van der Waals surface area contributed by atoms with Gasteiger partial charge < -0.3 is 10.2 Å². The van der Waals surface area contributed by atoms with Crippen molar-refractivity contribution in [1.29, 1.82) is 0 Å². The van der Waals surface area contributed by atoms with Crippen LogP contribution in [0.1, 0.15) is 49.9 Å². The van der Waals surface area contributed by atoms with Crippen LogP contribution in [0.15, 0.2) is 47.6 Å². The van der Waals surface area contributed by atoms with Gasteiger partial charge in [-0.2, -0.15) is 5.10 Å². The van der Waals surface area contributed by atoms with Crippen molar-refractivity contribution in [2.45, 2.75) is 51.6 Å². The molecule has 1 saturated heterocycles. The van der Waals surface area contributed by atoms with Crippen LogP contribution in [0.3, 0.4) is 0 Å². The predicted molar refractivity (Wildman–Crippen MR) is 111 cm³/mol. The van der Waals surface area contributed by atoms with Crippen LogP contribution in [0, 0.1) is 0 Å². The summed E-state index contributed by atoms with van der Waals surface area (Å²) in [6.07, 6.45) is 7.82. The number of carbonyl (C=O) groups excluding carboxylic acids is 1. The molecule has 2 aromatic heterocycles. The minimum Gasteiger partial charge on any atom is -0.349 e. The highest BCUT2D eigenvalue weighted by Crippen LogP contribution is 2.30. The van der Waals surface area contributed by atoms with Gasteiger partial charge in [0.25, 0.3) is 5.91 Å². The van der Waals surface area contributed by atoms with E-state index in [-0.39, 0.29) is 23.8 Å². The van der Waals surface area contributed by atoms with Gasteiger partial charge in [-0.25, -0.2) is 13.9 Å². The van der Waals surface area contributed by atoms with Gasteiger partial charge in [0.1, 0.15) is 17.2 Å². The highest BCUT2D eigenvalue weighted by molar-refractivity contribution is 6.02. The lowest BCUT2D eigenvalue weighted by Crippen LogP contribution is -2.34. The van der Waals surface area contributed by atoms with Crippen molar-refractivity contribution in [2.24, 2.45) is 4.99 Å². The second-order valence-electron chi connectivity index (χ2n) is 7.69. The van der Waals surface area contributed by atoms with Crippen molar-refractivity contribution in [3.63, 3.8) is 0 Å². The Morgan fingerprint density at radius 1 is 1.45 bits per heavy atom. The molecule has 1 fully saturated rings. The Labute approximate surface area is 169 Å². The number of aliphatic imine (C=N–C) groups is 1. The maximum absolute atomic E-state index is 13.3. The summed E-state index contributed by atoms with van der Waals surface area (Å²) in [5.41, 5.74) is 2.64. The quantitative estimate of drug-likeness (QED) is 0.801. The first-order valence-corrected chi connectivity index (χ1v) is 9.94. The molecule has 4 heterocycles. The first-order chi connectivity index (χ1) is 13.9. The molecule has 8 heteroatoms. The van der Waals surface area contributed by atoms with E-state index in [2.05, 4.69) is 26.9 Å². The van der Waals surface area contributed by atoms with E-state index in [0.29, 0.717) is 24.1 Å². The van der Waals surface area contributed by atoms with Crippen LogP contribution in [0.25, 0.3) is 5.65 Å². The SMILES string of the molecule is C=C1/C(=N\C=C(/C)F)CC[C@H](C)NC(=O)c2cnn3ccc(nc23)N2CCC[C@H]12. The summed E-state index contributed by atoms with van der Waals surface area (Å²) >= 11 is 0. The van der Waals surface area contributed by atoms with E-state index in [9.17, 15) is 9.18 Å². The van der Waals surface area contributed by atoms with Crippen LogP contribution in [0.2, 0.25) is 0 Å². The molecule has 2 atom stereocenters. The number of anilines is 1. The van der Waals surface area contributed by atoms with Gasteiger partial charge in [0.15, 0.2) is 5.65 Å². The fraction of sp³-hybridized carbons (Fsp3) is 0.429. The molecule has 0 aliphatic carbocycles. The van der Waals surface area contributed by atoms with E-state index < -0.39 is 0 Å². The molecule has 7 nitrogen and oxygen atoms in total. The maximum Gasteiger partial charge on any atom is 0.256 e. The Morgan fingerprint density at radius 3 is 3.07 bits per heavy atom. The Balaban J connectivity index is 1.80. The molecule has 1 amide bonds. The molecule has 0 aromatic carbocycles. The third-order valence-corrected chi connectivity index (χ3v) is 5.51. The zero-order valence-electron chi connectivity index (χ0n) is 16.7. The summed E-state index contributed by atoms with van der Waals surface area (Å²) in [7, 11) is 0. The van der Waals surface area contributed by atoms with Crippen LogP contribution in [-0.2, 0) is 0 Å². The van der Waals surface area contributed by atoms with Gasteiger partial charge in [-0.05, 0) is 51.2 Å². The molecule has 152 valence electrons. The third-order valence-electron chi connectivity index (χ3n) is 5.51. The van der Waals surface area contributed by atoms with E-state index in [1.54, 1.807) is 10.7 Å². The summed E-state index contributed by atoms with van der Waals surface area (Å²) in [5.74, 6) is 0.225. The number of aromatic nitrogens is 3. The van der Waals surface area contributed by atoms with Gasteiger partial charge in [0.2, 0.25) is 0 Å². The number of hydrogen-bond donors (Lipinski definition) is 1. The Bertz CT molecular complexity index is 1020. The van der Waals surface area contributed by atoms with Crippen LogP contribution < -0.4 is 10.2 Å². The van der Waals surface area contributed by atoms with Gasteiger partial charge in [-0.3, -0.25) is 9.79 Å². The molecule has 0 radical (unpaired) electrons. The average Bonchev–Trinajstić information content (AvgIpc) is 3.33. The maximum atomic E-state index is 13.3. The first kappa shape index (κ1) is 19.3. The lowest BCUT2D eigenvalue weighted by Gasteiger charge is -2.28. The fourth-order valence-electron chi connectivity index (χ4n) is 3.98. The van der Waals surface area contributed by atoms with Gasteiger partial charge in [-0.1, -0.05) is 6.58 Å². The van der Waals surface area contributed by atoms with E-state index in [4.69, 9.17) is 4.98 Å². The number of carbonyl (C=O) groups is 1. The number of nitrogens with one attached hydrogen (secondary N) is 1. The molecule has 0 spiro atoms. The molecule has 4 rings (SSSR count). The number of hydrogen-bond acceptors (Lipinski definition) is 5. The molecule has 2 aliphatic heterocycles. The Morgan fingerprint density at radius 2 is 2.28 bits per heavy atom. The topological polar surface area (TPSA) is 74.9 Å². The van der Waals surface area contributed by atoms with Crippen molar-refractivity contribution in [1.82, 2.24) is 19.9 Å². The molecule has 0 unspecified atom stereocenters.